The predicted molar refractivity (Wildman–Crippen MR) is 79.5 cm³/mol. The normalized spacial score (nSPS) is 16.1. The van der Waals surface area contributed by atoms with Crippen LogP contribution >= 0.6 is 0 Å². The van der Waals surface area contributed by atoms with E-state index in [4.69, 9.17) is 9.47 Å². The molecule has 0 aliphatic carbocycles. The topological polar surface area (TPSA) is 47.6 Å². The number of carbonyl (C=O) groups is 1. The summed E-state index contributed by atoms with van der Waals surface area (Å²) in [5, 5.41) is 2.81. The minimum absolute atomic E-state index is 0.194. The van der Waals surface area contributed by atoms with Crippen LogP contribution in [0.25, 0.3) is 0 Å². The molecule has 1 amide bonds. The first-order chi connectivity index (χ1) is 10.7. The number of hydrogen-bond acceptors (Lipinski definition) is 3. The van der Waals surface area contributed by atoms with Gasteiger partial charge in [-0.25, -0.2) is 4.39 Å². The van der Waals surface area contributed by atoms with Gasteiger partial charge in [0.2, 0.25) is 6.10 Å². The van der Waals surface area contributed by atoms with E-state index in [2.05, 4.69) is 5.32 Å². The van der Waals surface area contributed by atoms with Crippen LogP contribution < -0.4 is 14.8 Å². The van der Waals surface area contributed by atoms with Gasteiger partial charge in [-0.05, 0) is 36.2 Å². The van der Waals surface area contributed by atoms with E-state index in [1.165, 1.54) is 12.1 Å². The molecule has 5 heteroatoms. The molecule has 1 aliphatic rings. The van der Waals surface area contributed by atoms with Gasteiger partial charge < -0.3 is 14.8 Å². The van der Waals surface area contributed by atoms with Gasteiger partial charge in [0.05, 0.1) is 0 Å². The number of fused-ring (bicyclic) bond motifs is 1. The number of carbonyl (C=O) groups excluding carboxylic acids is 1. The summed E-state index contributed by atoms with van der Waals surface area (Å²) in [7, 11) is 0. The Balaban J connectivity index is 1.50. The lowest BCUT2D eigenvalue weighted by Gasteiger charge is -2.25. The Morgan fingerprint density at radius 2 is 1.86 bits per heavy atom. The molecular weight excluding hydrogens is 285 g/mol. The van der Waals surface area contributed by atoms with Crippen molar-refractivity contribution in [2.24, 2.45) is 0 Å². The first-order valence-electron chi connectivity index (χ1n) is 7.13. The van der Waals surface area contributed by atoms with Crippen LogP contribution in [0.1, 0.15) is 5.56 Å². The van der Waals surface area contributed by atoms with E-state index in [0.717, 1.165) is 5.56 Å². The summed E-state index contributed by atoms with van der Waals surface area (Å²) >= 11 is 0. The molecule has 1 N–H and O–H groups in total. The summed E-state index contributed by atoms with van der Waals surface area (Å²) in [5.74, 6) is 0.751. The highest BCUT2D eigenvalue weighted by atomic mass is 19.1. The van der Waals surface area contributed by atoms with Gasteiger partial charge >= 0.3 is 0 Å². The lowest BCUT2D eigenvalue weighted by atomic mass is 10.1. The predicted octanol–water partition coefficient (Wildman–Crippen LogP) is 2.32. The summed E-state index contributed by atoms with van der Waals surface area (Å²) < 4.78 is 23.9. The molecule has 0 saturated heterocycles. The maximum absolute atomic E-state index is 12.8. The van der Waals surface area contributed by atoms with Crippen LogP contribution in [0.5, 0.6) is 11.5 Å². The molecule has 2 aromatic rings. The van der Waals surface area contributed by atoms with Crippen molar-refractivity contribution in [2.75, 3.05) is 13.2 Å². The van der Waals surface area contributed by atoms with Crippen LogP contribution in [-0.4, -0.2) is 25.2 Å². The molecule has 0 radical (unpaired) electrons. The van der Waals surface area contributed by atoms with Gasteiger partial charge in [-0.1, -0.05) is 24.3 Å². The molecule has 0 fully saturated rings. The van der Waals surface area contributed by atoms with Crippen molar-refractivity contribution in [1.82, 2.24) is 5.32 Å². The van der Waals surface area contributed by atoms with Gasteiger partial charge in [0.1, 0.15) is 12.4 Å². The Morgan fingerprint density at radius 1 is 1.14 bits per heavy atom. The molecule has 3 rings (SSSR count). The van der Waals surface area contributed by atoms with Crippen LogP contribution in [0.3, 0.4) is 0 Å². The average Bonchev–Trinajstić information content (AvgIpc) is 2.56. The second-order valence-electron chi connectivity index (χ2n) is 5.03. The fourth-order valence-corrected chi connectivity index (χ4v) is 2.24. The van der Waals surface area contributed by atoms with E-state index in [0.29, 0.717) is 24.5 Å². The lowest BCUT2D eigenvalue weighted by Crippen LogP contribution is -2.44. The smallest absolute Gasteiger partial charge is 0.264 e. The first kappa shape index (κ1) is 14.4. The zero-order valence-corrected chi connectivity index (χ0v) is 11.9. The molecule has 0 saturated carbocycles. The Kier molecular flexibility index (Phi) is 4.23. The SMILES string of the molecule is O=C(NCCc1ccc(F)cc1)[C@H]1COc2ccccc2O1. The number of rotatable bonds is 4. The number of benzene rings is 2. The number of hydrogen-bond donors (Lipinski definition) is 1. The molecule has 0 aromatic heterocycles. The molecule has 2 aromatic carbocycles. The molecule has 1 atom stereocenters. The fourth-order valence-electron chi connectivity index (χ4n) is 2.24. The highest BCUT2D eigenvalue weighted by molar-refractivity contribution is 5.81. The number of halogens is 1. The zero-order chi connectivity index (χ0) is 15.4. The number of ether oxygens (including phenoxy) is 2. The monoisotopic (exact) mass is 301 g/mol. The molecule has 0 spiro atoms. The number of para-hydroxylation sites is 2. The molecule has 22 heavy (non-hydrogen) atoms. The zero-order valence-electron chi connectivity index (χ0n) is 11.9. The first-order valence-corrected chi connectivity index (χ1v) is 7.13. The third-order valence-corrected chi connectivity index (χ3v) is 3.43. The maximum Gasteiger partial charge on any atom is 0.264 e. The van der Waals surface area contributed by atoms with Crippen molar-refractivity contribution in [1.29, 1.82) is 0 Å². The van der Waals surface area contributed by atoms with Crippen molar-refractivity contribution < 1.29 is 18.7 Å². The second-order valence-corrected chi connectivity index (χ2v) is 5.03. The van der Waals surface area contributed by atoms with Crippen molar-refractivity contribution in [2.45, 2.75) is 12.5 Å². The summed E-state index contributed by atoms with van der Waals surface area (Å²) in [6, 6.07) is 13.5. The molecule has 0 bridgehead atoms. The van der Waals surface area contributed by atoms with Gasteiger partial charge in [0.15, 0.2) is 11.5 Å². The Labute approximate surface area is 127 Å². The molecule has 1 heterocycles. The van der Waals surface area contributed by atoms with Gasteiger partial charge in [-0.2, -0.15) is 0 Å². The second kappa shape index (κ2) is 6.47. The number of nitrogens with one attached hydrogen (secondary N) is 1. The van der Waals surface area contributed by atoms with E-state index < -0.39 is 6.10 Å². The van der Waals surface area contributed by atoms with E-state index in [1.54, 1.807) is 24.3 Å². The minimum Gasteiger partial charge on any atom is -0.485 e. The lowest BCUT2D eigenvalue weighted by molar-refractivity contribution is -0.130. The molecular formula is C17H16FNO3. The molecule has 114 valence electrons. The third kappa shape index (κ3) is 3.36. The van der Waals surface area contributed by atoms with E-state index in [9.17, 15) is 9.18 Å². The molecule has 4 nitrogen and oxygen atoms in total. The molecule has 0 unspecified atom stereocenters. The average molecular weight is 301 g/mol. The summed E-state index contributed by atoms with van der Waals surface area (Å²) in [5.41, 5.74) is 0.966. The van der Waals surface area contributed by atoms with Gasteiger partial charge in [-0.15, -0.1) is 0 Å². The standard InChI is InChI=1S/C17H16FNO3/c18-13-7-5-12(6-8-13)9-10-19-17(20)16-11-21-14-3-1-2-4-15(14)22-16/h1-8,16H,9-11H2,(H,19,20)/t16-/m1/s1. The van der Waals surface area contributed by atoms with Crippen molar-refractivity contribution in [3.8, 4) is 11.5 Å². The summed E-state index contributed by atoms with van der Waals surface area (Å²) in [6.07, 6.45) is -0.0148. The number of amides is 1. The third-order valence-electron chi connectivity index (χ3n) is 3.43. The quantitative estimate of drug-likeness (QED) is 0.943. The molecule has 1 aliphatic heterocycles. The Morgan fingerprint density at radius 3 is 2.64 bits per heavy atom. The van der Waals surface area contributed by atoms with Crippen LogP contribution in [0.4, 0.5) is 4.39 Å². The Bertz CT molecular complexity index is 657. The van der Waals surface area contributed by atoms with Gasteiger partial charge in [-0.3, -0.25) is 4.79 Å². The Hall–Kier alpha value is -2.56. The largest absolute Gasteiger partial charge is 0.485 e. The summed E-state index contributed by atoms with van der Waals surface area (Å²) in [6.45, 7) is 0.658. The van der Waals surface area contributed by atoms with Crippen LogP contribution in [0.15, 0.2) is 48.5 Å². The minimum atomic E-state index is -0.650. The van der Waals surface area contributed by atoms with Crippen molar-refractivity contribution in [3.05, 3.63) is 59.9 Å². The van der Waals surface area contributed by atoms with Crippen LogP contribution in [-0.2, 0) is 11.2 Å². The van der Waals surface area contributed by atoms with Gasteiger partial charge in [0, 0.05) is 6.54 Å². The maximum atomic E-state index is 12.8. The van der Waals surface area contributed by atoms with Gasteiger partial charge in [0.25, 0.3) is 5.91 Å². The van der Waals surface area contributed by atoms with Crippen molar-refractivity contribution in [3.63, 3.8) is 0 Å². The van der Waals surface area contributed by atoms with Crippen LogP contribution in [0, 0.1) is 5.82 Å². The van der Waals surface area contributed by atoms with Crippen LogP contribution in [0.2, 0.25) is 0 Å². The highest BCUT2D eigenvalue weighted by Crippen LogP contribution is 2.30. The van der Waals surface area contributed by atoms with E-state index in [1.807, 2.05) is 12.1 Å². The highest BCUT2D eigenvalue weighted by Gasteiger charge is 2.26. The summed E-state index contributed by atoms with van der Waals surface area (Å²) in [4.78, 5) is 12.1. The van der Waals surface area contributed by atoms with E-state index >= 15 is 0 Å². The fraction of sp³-hybridized carbons (Fsp3) is 0.235. The van der Waals surface area contributed by atoms with E-state index in [-0.39, 0.29) is 18.3 Å². The van der Waals surface area contributed by atoms with Crippen molar-refractivity contribution >= 4 is 5.91 Å².